The van der Waals surface area contributed by atoms with Crippen LogP contribution in [-0.2, 0) is 30.3 Å². The van der Waals surface area contributed by atoms with Crippen LogP contribution < -0.4 is 0 Å². The Labute approximate surface area is 190 Å². The summed E-state index contributed by atoms with van der Waals surface area (Å²) in [6, 6.07) is 8.59. The maximum Gasteiger partial charge on any atom is 0.416 e. The quantitative estimate of drug-likeness (QED) is 0.384. The molecule has 4 rings (SSSR count). The van der Waals surface area contributed by atoms with Crippen LogP contribution in [0.2, 0.25) is 0 Å². The second kappa shape index (κ2) is 9.69. The lowest BCUT2D eigenvalue weighted by molar-refractivity contribution is -0.139. The van der Waals surface area contributed by atoms with E-state index in [0.717, 1.165) is 63.5 Å². The van der Waals surface area contributed by atoms with Crippen molar-refractivity contribution >= 4 is 0 Å². The molecule has 0 bridgehead atoms. The highest BCUT2D eigenvalue weighted by Crippen LogP contribution is 2.43. The summed E-state index contributed by atoms with van der Waals surface area (Å²) in [5, 5.41) is 0. The smallest absolute Gasteiger partial charge is 0.372 e. The van der Waals surface area contributed by atoms with Gasteiger partial charge < -0.3 is 4.74 Å². The van der Waals surface area contributed by atoms with Gasteiger partial charge in [0.05, 0.1) is 24.3 Å². The summed E-state index contributed by atoms with van der Waals surface area (Å²) >= 11 is 0. The Hall–Kier alpha value is -2.02. The Bertz CT molecular complexity index is 873. The van der Waals surface area contributed by atoms with Gasteiger partial charge in [-0.25, -0.2) is 0 Å². The lowest BCUT2D eigenvalue weighted by Crippen LogP contribution is -2.13. The standard InChI is InChI=1S/C26H28F6O/c27-25(28,29)23-13-17(9-11-21(23)19-5-1-2-6-19)15-33-16-18-10-12-22(20-7-3-4-8-20)24(14-18)26(30,31)32/h9-14,19-20H,1-8,15-16H2. The van der Waals surface area contributed by atoms with E-state index in [2.05, 4.69) is 0 Å². The van der Waals surface area contributed by atoms with Crippen molar-refractivity contribution in [1.29, 1.82) is 0 Å². The number of halogens is 6. The van der Waals surface area contributed by atoms with Crippen LogP contribution >= 0.6 is 0 Å². The maximum absolute atomic E-state index is 13.6. The molecule has 0 aromatic heterocycles. The fourth-order valence-electron chi connectivity index (χ4n) is 5.35. The summed E-state index contributed by atoms with van der Waals surface area (Å²) in [5.41, 5.74) is 0.138. The number of hydrogen-bond acceptors (Lipinski definition) is 1. The van der Waals surface area contributed by atoms with Gasteiger partial charge >= 0.3 is 12.4 Å². The monoisotopic (exact) mass is 470 g/mol. The molecule has 0 spiro atoms. The fraction of sp³-hybridized carbons (Fsp3) is 0.538. The molecular formula is C26H28F6O. The minimum Gasteiger partial charge on any atom is -0.372 e. The first-order chi connectivity index (χ1) is 15.6. The average Bonchev–Trinajstić information content (AvgIpc) is 3.47. The van der Waals surface area contributed by atoms with Crippen molar-refractivity contribution in [1.82, 2.24) is 0 Å². The van der Waals surface area contributed by atoms with Gasteiger partial charge in [0.25, 0.3) is 0 Å². The molecule has 2 fully saturated rings. The molecule has 0 atom stereocenters. The average molecular weight is 470 g/mol. The molecule has 0 radical (unpaired) electrons. The van der Waals surface area contributed by atoms with Crippen molar-refractivity contribution in [2.24, 2.45) is 0 Å². The highest BCUT2D eigenvalue weighted by atomic mass is 19.4. The van der Waals surface area contributed by atoms with Gasteiger partial charge in [0, 0.05) is 0 Å². The second-order valence-corrected chi connectivity index (χ2v) is 9.29. The van der Waals surface area contributed by atoms with Crippen molar-refractivity contribution in [2.45, 2.75) is 88.8 Å². The third-order valence-electron chi connectivity index (χ3n) is 6.97. The molecule has 2 saturated carbocycles. The molecule has 0 N–H and O–H groups in total. The third kappa shape index (κ3) is 5.73. The van der Waals surface area contributed by atoms with Crippen LogP contribution in [0.5, 0.6) is 0 Å². The van der Waals surface area contributed by atoms with Crippen LogP contribution in [-0.4, -0.2) is 0 Å². The van der Waals surface area contributed by atoms with Crippen LogP contribution in [0.3, 0.4) is 0 Å². The normalized spacial score (nSPS) is 18.4. The summed E-state index contributed by atoms with van der Waals surface area (Å²) in [5.74, 6) is -0.147. The molecule has 2 aliphatic carbocycles. The Kier molecular flexibility index (Phi) is 7.08. The predicted molar refractivity (Wildman–Crippen MR) is 114 cm³/mol. The van der Waals surface area contributed by atoms with Crippen LogP contribution in [0.15, 0.2) is 36.4 Å². The van der Waals surface area contributed by atoms with E-state index in [0.29, 0.717) is 22.3 Å². The first-order valence-electron chi connectivity index (χ1n) is 11.6. The molecule has 0 amide bonds. The Morgan fingerprint density at radius 1 is 0.606 bits per heavy atom. The number of hydrogen-bond donors (Lipinski definition) is 0. The van der Waals surface area contributed by atoms with Gasteiger partial charge in [-0.15, -0.1) is 0 Å². The first-order valence-corrected chi connectivity index (χ1v) is 11.6. The number of alkyl halides is 6. The second-order valence-electron chi connectivity index (χ2n) is 9.29. The zero-order chi connectivity index (χ0) is 23.6. The van der Waals surface area contributed by atoms with Gasteiger partial charge in [-0.2, -0.15) is 26.3 Å². The van der Waals surface area contributed by atoms with E-state index >= 15 is 0 Å². The molecular weight excluding hydrogens is 442 g/mol. The fourth-order valence-corrected chi connectivity index (χ4v) is 5.35. The van der Waals surface area contributed by atoms with E-state index in [1.807, 2.05) is 0 Å². The molecule has 2 aromatic rings. The summed E-state index contributed by atoms with van der Waals surface area (Å²) in [4.78, 5) is 0. The number of benzene rings is 2. The van der Waals surface area contributed by atoms with Gasteiger partial charge in [-0.3, -0.25) is 0 Å². The van der Waals surface area contributed by atoms with Gasteiger partial charge in [0.15, 0.2) is 0 Å². The molecule has 2 aromatic carbocycles. The van der Waals surface area contributed by atoms with E-state index < -0.39 is 23.5 Å². The largest absolute Gasteiger partial charge is 0.416 e. The molecule has 7 heteroatoms. The van der Waals surface area contributed by atoms with Crippen LogP contribution in [0.1, 0.15) is 96.6 Å². The van der Waals surface area contributed by atoms with E-state index in [9.17, 15) is 26.3 Å². The van der Waals surface area contributed by atoms with Crippen molar-refractivity contribution in [2.75, 3.05) is 0 Å². The number of rotatable bonds is 6. The van der Waals surface area contributed by atoms with Crippen molar-refractivity contribution in [3.63, 3.8) is 0 Å². The summed E-state index contributed by atoms with van der Waals surface area (Å²) < 4.78 is 87.4. The highest BCUT2D eigenvalue weighted by molar-refractivity contribution is 5.38. The summed E-state index contributed by atoms with van der Waals surface area (Å²) in [7, 11) is 0. The van der Waals surface area contributed by atoms with E-state index in [1.165, 1.54) is 12.1 Å². The van der Waals surface area contributed by atoms with Gasteiger partial charge in [0.1, 0.15) is 0 Å². The van der Waals surface area contributed by atoms with E-state index in [-0.39, 0.29) is 25.0 Å². The molecule has 0 heterocycles. The lowest BCUT2D eigenvalue weighted by atomic mass is 9.91. The van der Waals surface area contributed by atoms with Crippen molar-refractivity contribution in [3.05, 3.63) is 69.8 Å². The molecule has 0 aliphatic heterocycles. The lowest BCUT2D eigenvalue weighted by Gasteiger charge is -2.19. The molecule has 0 unspecified atom stereocenters. The number of ether oxygens (including phenoxy) is 1. The zero-order valence-electron chi connectivity index (χ0n) is 18.4. The van der Waals surface area contributed by atoms with Crippen molar-refractivity contribution < 1.29 is 31.1 Å². The van der Waals surface area contributed by atoms with Gasteiger partial charge in [0.2, 0.25) is 0 Å². The Morgan fingerprint density at radius 3 is 1.30 bits per heavy atom. The van der Waals surface area contributed by atoms with Gasteiger partial charge in [-0.1, -0.05) is 49.9 Å². The minimum atomic E-state index is -4.45. The summed E-state index contributed by atoms with van der Waals surface area (Å²) in [6.07, 6.45) is -2.11. The molecule has 0 saturated heterocycles. The van der Waals surface area contributed by atoms with Crippen LogP contribution in [0.25, 0.3) is 0 Å². The molecule has 33 heavy (non-hydrogen) atoms. The topological polar surface area (TPSA) is 9.23 Å². The third-order valence-corrected chi connectivity index (χ3v) is 6.97. The minimum absolute atomic E-state index is 0.0734. The predicted octanol–water partition coefficient (Wildman–Crippen LogP) is 8.76. The first kappa shape index (κ1) is 24.1. The Balaban J connectivity index is 1.46. The maximum atomic E-state index is 13.6. The van der Waals surface area contributed by atoms with Crippen molar-refractivity contribution in [3.8, 4) is 0 Å². The SMILES string of the molecule is FC(F)(F)c1cc(COCc2ccc(C3CCCC3)c(C(F)(F)F)c2)ccc1C1CCCC1. The molecule has 180 valence electrons. The van der Waals surface area contributed by atoms with E-state index in [1.54, 1.807) is 12.1 Å². The molecule has 2 aliphatic rings. The van der Waals surface area contributed by atoms with Crippen LogP contribution in [0.4, 0.5) is 26.3 Å². The Morgan fingerprint density at radius 2 is 0.970 bits per heavy atom. The zero-order valence-corrected chi connectivity index (χ0v) is 18.4. The summed E-state index contributed by atoms with van der Waals surface area (Å²) in [6.45, 7) is -0.195. The van der Waals surface area contributed by atoms with Gasteiger partial charge in [-0.05, 0) is 71.9 Å². The van der Waals surface area contributed by atoms with E-state index in [4.69, 9.17) is 4.74 Å². The highest BCUT2D eigenvalue weighted by Gasteiger charge is 2.37. The molecule has 1 nitrogen and oxygen atoms in total. The van der Waals surface area contributed by atoms with Crippen LogP contribution in [0, 0.1) is 0 Å².